The van der Waals surface area contributed by atoms with Gasteiger partial charge in [0.1, 0.15) is 5.76 Å². The molecule has 0 aliphatic carbocycles. The van der Waals surface area contributed by atoms with Crippen LogP contribution in [0.25, 0.3) is 0 Å². The molecule has 0 aliphatic heterocycles. The largest absolute Gasteiger partial charge is 0.361 e. The molecule has 0 aliphatic rings. The Balaban J connectivity index is 0.00000144. The minimum Gasteiger partial charge on any atom is -0.361 e. The summed E-state index contributed by atoms with van der Waals surface area (Å²) in [6, 6.07) is 10.3. The molecule has 0 amide bonds. The van der Waals surface area contributed by atoms with E-state index in [4.69, 9.17) is 4.52 Å². The molecule has 0 fully saturated rings. The minimum absolute atomic E-state index is 0. The number of nitrogens with zero attached hydrogens (tertiary/aromatic N) is 1. The molecule has 3 nitrogen and oxygen atoms in total. The van der Waals surface area contributed by atoms with Gasteiger partial charge in [-0.05, 0) is 41.1 Å². The van der Waals surface area contributed by atoms with E-state index in [1.54, 1.807) is 0 Å². The highest BCUT2D eigenvalue weighted by Crippen LogP contribution is 2.11. The Labute approximate surface area is 121 Å². The van der Waals surface area contributed by atoms with Crippen LogP contribution >= 0.6 is 35.0 Å². The van der Waals surface area contributed by atoms with E-state index >= 15 is 0 Å². The van der Waals surface area contributed by atoms with E-state index in [0.717, 1.165) is 24.5 Å². The smallest absolute Gasteiger partial charge is 0.133 e. The van der Waals surface area contributed by atoms with Crippen molar-refractivity contribution in [3.63, 3.8) is 0 Å². The third-order valence-electron chi connectivity index (χ3n) is 2.26. The Hall–Kier alpha value is -0.590. The molecule has 0 bridgehead atoms. The standard InChI is InChI=1S/C12H13IN2O.ClH/c1-9-6-11(15-16-9)8-14-7-10-4-2-3-5-12(10)13;/h2-6,14H,7-8H2,1H3;1H. The lowest BCUT2D eigenvalue weighted by molar-refractivity contribution is 0.388. The van der Waals surface area contributed by atoms with Gasteiger partial charge in [-0.1, -0.05) is 23.4 Å². The maximum atomic E-state index is 5.00. The van der Waals surface area contributed by atoms with Crippen molar-refractivity contribution >= 4 is 35.0 Å². The van der Waals surface area contributed by atoms with Gasteiger partial charge in [0.2, 0.25) is 0 Å². The molecule has 0 saturated carbocycles. The summed E-state index contributed by atoms with van der Waals surface area (Å²) in [5.74, 6) is 0.853. The Kier molecular flexibility index (Phi) is 5.94. The summed E-state index contributed by atoms with van der Waals surface area (Å²) in [6.07, 6.45) is 0. The van der Waals surface area contributed by atoms with Gasteiger partial charge in [0.05, 0.1) is 5.69 Å². The van der Waals surface area contributed by atoms with Crippen LogP contribution in [0.15, 0.2) is 34.9 Å². The van der Waals surface area contributed by atoms with E-state index in [1.165, 1.54) is 9.13 Å². The van der Waals surface area contributed by atoms with Crippen molar-refractivity contribution in [2.24, 2.45) is 0 Å². The van der Waals surface area contributed by atoms with Crippen molar-refractivity contribution < 1.29 is 4.52 Å². The van der Waals surface area contributed by atoms with Gasteiger partial charge in [-0.25, -0.2) is 0 Å². The van der Waals surface area contributed by atoms with Gasteiger partial charge in [0, 0.05) is 22.7 Å². The molecule has 1 N–H and O–H groups in total. The van der Waals surface area contributed by atoms with Crippen LogP contribution in [0.2, 0.25) is 0 Å². The van der Waals surface area contributed by atoms with Gasteiger partial charge >= 0.3 is 0 Å². The number of aromatic nitrogens is 1. The number of rotatable bonds is 4. The first-order valence-corrected chi connectivity index (χ1v) is 6.20. The molecular weight excluding hydrogens is 351 g/mol. The number of nitrogens with one attached hydrogen (secondary N) is 1. The van der Waals surface area contributed by atoms with E-state index in [-0.39, 0.29) is 12.4 Å². The lowest BCUT2D eigenvalue weighted by Gasteiger charge is -2.04. The highest BCUT2D eigenvalue weighted by Gasteiger charge is 2.01. The van der Waals surface area contributed by atoms with Crippen LogP contribution in [0.5, 0.6) is 0 Å². The first-order valence-electron chi connectivity index (χ1n) is 5.12. The second-order valence-corrected chi connectivity index (χ2v) is 4.79. The Morgan fingerprint density at radius 2 is 2.06 bits per heavy atom. The maximum absolute atomic E-state index is 5.00. The molecule has 2 rings (SSSR count). The van der Waals surface area contributed by atoms with Gasteiger partial charge in [0.15, 0.2) is 0 Å². The van der Waals surface area contributed by atoms with E-state index < -0.39 is 0 Å². The van der Waals surface area contributed by atoms with Crippen LogP contribution in [-0.4, -0.2) is 5.16 Å². The molecule has 92 valence electrons. The Morgan fingerprint density at radius 3 is 2.71 bits per heavy atom. The average Bonchev–Trinajstić information content (AvgIpc) is 2.67. The Bertz CT molecular complexity index is 473. The second kappa shape index (κ2) is 6.98. The molecule has 1 heterocycles. The van der Waals surface area contributed by atoms with Gasteiger partial charge in [-0.15, -0.1) is 12.4 Å². The molecule has 0 saturated heterocycles. The fourth-order valence-electron chi connectivity index (χ4n) is 1.47. The van der Waals surface area contributed by atoms with Crippen molar-refractivity contribution in [1.82, 2.24) is 10.5 Å². The van der Waals surface area contributed by atoms with Gasteiger partial charge in [0.25, 0.3) is 0 Å². The number of halogens is 2. The Morgan fingerprint density at radius 1 is 1.29 bits per heavy atom. The van der Waals surface area contributed by atoms with Crippen molar-refractivity contribution in [2.45, 2.75) is 20.0 Å². The molecule has 17 heavy (non-hydrogen) atoms. The third kappa shape index (κ3) is 4.29. The fourth-order valence-corrected chi connectivity index (χ4v) is 2.05. The molecule has 1 aromatic carbocycles. The summed E-state index contributed by atoms with van der Waals surface area (Å²) in [6.45, 7) is 3.49. The van der Waals surface area contributed by atoms with Gasteiger partial charge in [-0.2, -0.15) is 0 Å². The monoisotopic (exact) mass is 364 g/mol. The molecule has 2 aromatic rings. The third-order valence-corrected chi connectivity index (χ3v) is 3.31. The first kappa shape index (κ1) is 14.5. The lowest BCUT2D eigenvalue weighted by Crippen LogP contribution is -2.13. The summed E-state index contributed by atoms with van der Waals surface area (Å²) >= 11 is 2.34. The number of benzene rings is 1. The predicted molar refractivity (Wildman–Crippen MR) is 78.2 cm³/mol. The van der Waals surface area contributed by atoms with Crippen LogP contribution in [0.3, 0.4) is 0 Å². The fraction of sp³-hybridized carbons (Fsp3) is 0.250. The molecule has 1 aromatic heterocycles. The zero-order chi connectivity index (χ0) is 11.4. The van der Waals surface area contributed by atoms with Crippen molar-refractivity contribution in [2.75, 3.05) is 0 Å². The van der Waals surface area contributed by atoms with Crippen LogP contribution in [0, 0.1) is 10.5 Å². The molecule has 0 atom stereocenters. The van der Waals surface area contributed by atoms with Crippen molar-refractivity contribution in [3.05, 3.63) is 50.9 Å². The minimum atomic E-state index is 0. The van der Waals surface area contributed by atoms with Crippen LogP contribution in [0.1, 0.15) is 17.0 Å². The lowest BCUT2D eigenvalue weighted by atomic mass is 10.2. The van der Waals surface area contributed by atoms with E-state index in [9.17, 15) is 0 Å². The highest BCUT2D eigenvalue weighted by molar-refractivity contribution is 14.1. The summed E-state index contributed by atoms with van der Waals surface area (Å²) < 4.78 is 6.28. The maximum Gasteiger partial charge on any atom is 0.133 e. The predicted octanol–water partition coefficient (Wildman–Crippen LogP) is 3.30. The normalized spacial score (nSPS) is 10.0. The summed E-state index contributed by atoms with van der Waals surface area (Å²) in [5.41, 5.74) is 2.26. The van der Waals surface area contributed by atoms with E-state index in [2.05, 4.69) is 51.3 Å². The molecule has 0 spiro atoms. The van der Waals surface area contributed by atoms with Gasteiger partial charge in [-0.3, -0.25) is 0 Å². The summed E-state index contributed by atoms with van der Waals surface area (Å²) in [5, 5.41) is 7.27. The van der Waals surface area contributed by atoms with E-state index in [1.807, 2.05) is 19.1 Å². The van der Waals surface area contributed by atoms with E-state index in [0.29, 0.717) is 0 Å². The van der Waals surface area contributed by atoms with Crippen LogP contribution in [0.4, 0.5) is 0 Å². The number of hydrogen-bond acceptors (Lipinski definition) is 3. The SMILES string of the molecule is Cc1cc(CNCc2ccccc2I)no1.Cl. The zero-order valence-electron chi connectivity index (χ0n) is 9.44. The van der Waals surface area contributed by atoms with Gasteiger partial charge < -0.3 is 9.84 Å². The second-order valence-electron chi connectivity index (χ2n) is 3.62. The molecular formula is C12H14ClIN2O. The topological polar surface area (TPSA) is 38.1 Å². The first-order chi connectivity index (χ1) is 7.75. The van der Waals surface area contributed by atoms with Crippen molar-refractivity contribution in [3.8, 4) is 0 Å². The average molecular weight is 365 g/mol. The highest BCUT2D eigenvalue weighted by atomic mass is 127. The molecule has 0 unspecified atom stereocenters. The number of aryl methyl sites for hydroxylation is 1. The number of hydrogen-bond donors (Lipinski definition) is 1. The van der Waals surface area contributed by atoms with Crippen molar-refractivity contribution in [1.29, 1.82) is 0 Å². The zero-order valence-corrected chi connectivity index (χ0v) is 12.4. The molecule has 5 heteroatoms. The van der Waals surface area contributed by atoms with Crippen LogP contribution < -0.4 is 5.32 Å². The summed E-state index contributed by atoms with van der Waals surface area (Å²) in [7, 11) is 0. The molecule has 0 radical (unpaired) electrons. The van der Waals surface area contributed by atoms with Crippen LogP contribution in [-0.2, 0) is 13.1 Å². The quantitative estimate of drug-likeness (QED) is 0.846. The summed E-state index contributed by atoms with van der Waals surface area (Å²) in [4.78, 5) is 0.